The van der Waals surface area contributed by atoms with Crippen molar-refractivity contribution in [3.63, 3.8) is 0 Å². The van der Waals surface area contributed by atoms with Crippen LogP contribution in [-0.4, -0.2) is 37.0 Å². The molecule has 5 heteroatoms. The molecule has 0 unspecified atom stereocenters. The smallest absolute Gasteiger partial charge is 0.193 e. The summed E-state index contributed by atoms with van der Waals surface area (Å²) in [5.74, 6) is 0.488. The maximum absolute atomic E-state index is 5.90. The zero-order valence-electron chi connectivity index (χ0n) is 13.4. The van der Waals surface area contributed by atoms with Crippen LogP contribution >= 0.6 is 24.0 Å². The Morgan fingerprint density at radius 2 is 1.81 bits per heavy atom. The molecule has 1 aromatic rings. The maximum atomic E-state index is 5.90. The normalized spacial score (nSPS) is 11.3. The summed E-state index contributed by atoms with van der Waals surface area (Å²) in [6.07, 6.45) is 2.23. The van der Waals surface area contributed by atoms with E-state index in [1.165, 1.54) is 12.0 Å². The van der Waals surface area contributed by atoms with Crippen LogP contribution in [-0.2, 0) is 6.42 Å². The van der Waals surface area contributed by atoms with E-state index in [1.807, 2.05) is 12.1 Å². The van der Waals surface area contributed by atoms with Gasteiger partial charge in [-0.1, -0.05) is 32.9 Å². The molecule has 0 saturated heterocycles. The van der Waals surface area contributed by atoms with Crippen LogP contribution in [0.5, 0.6) is 0 Å². The van der Waals surface area contributed by atoms with E-state index in [0.717, 1.165) is 38.3 Å². The van der Waals surface area contributed by atoms with Gasteiger partial charge in [0.25, 0.3) is 0 Å². The first-order valence-corrected chi connectivity index (χ1v) is 7.57. The molecule has 0 heterocycles. The van der Waals surface area contributed by atoms with Crippen molar-refractivity contribution >= 4 is 35.6 Å². The molecule has 0 saturated carbocycles. The van der Waals surface area contributed by atoms with Gasteiger partial charge >= 0.3 is 0 Å². The van der Waals surface area contributed by atoms with Crippen molar-refractivity contribution in [2.24, 2.45) is 10.7 Å². The number of nitrogens with zero attached hydrogens (tertiary/aromatic N) is 2. The van der Waals surface area contributed by atoms with E-state index in [1.54, 1.807) is 0 Å². The molecule has 1 aromatic carbocycles. The summed E-state index contributed by atoms with van der Waals surface area (Å²) >= 11 is 0. The second-order valence-corrected chi connectivity index (χ2v) is 4.88. The van der Waals surface area contributed by atoms with Crippen LogP contribution in [0.15, 0.2) is 29.3 Å². The van der Waals surface area contributed by atoms with E-state index in [0.29, 0.717) is 5.96 Å². The Balaban J connectivity index is 0.00000400. The standard InChI is InChI=1S/C16H28N4.HI/c1-4-12-20(6-3)13-11-18-16(17)19-15-9-7-14(5-2)8-10-15;/h7-10H,4-6,11-13H2,1-3H3,(H3,17,18,19);1H. The van der Waals surface area contributed by atoms with Crippen LogP contribution in [0.3, 0.4) is 0 Å². The van der Waals surface area contributed by atoms with Crippen LogP contribution in [0, 0.1) is 0 Å². The minimum Gasteiger partial charge on any atom is -0.370 e. The number of hydrogen-bond donors (Lipinski definition) is 2. The highest BCUT2D eigenvalue weighted by Gasteiger charge is 2.00. The molecule has 0 atom stereocenters. The number of nitrogens with two attached hydrogens (primary N) is 1. The monoisotopic (exact) mass is 404 g/mol. The topological polar surface area (TPSA) is 53.6 Å². The maximum Gasteiger partial charge on any atom is 0.193 e. The second kappa shape index (κ2) is 11.8. The minimum atomic E-state index is 0. The number of guanidine groups is 1. The predicted molar refractivity (Wildman–Crippen MR) is 104 cm³/mol. The summed E-state index contributed by atoms with van der Waals surface area (Å²) in [5, 5.41) is 3.13. The molecule has 0 radical (unpaired) electrons. The lowest BCUT2D eigenvalue weighted by Gasteiger charge is -2.18. The number of likely N-dealkylation sites (N-methyl/N-ethyl adjacent to an activating group) is 1. The van der Waals surface area contributed by atoms with Gasteiger partial charge in [-0.3, -0.25) is 4.99 Å². The van der Waals surface area contributed by atoms with Gasteiger partial charge in [0.1, 0.15) is 0 Å². The minimum absolute atomic E-state index is 0. The number of hydrogen-bond acceptors (Lipinski definition) is 2. The third-order valence-electron chi connectivity index (χ3n) is 3.32. The Kier molecular flexibility index (Phi) is 11.3. The fraction of sp³-hybridized carbons (Fsp3) is 0.562. The fourth-order valence-corrected chi connectivity index (χ4v) is 2.07. The molecule has 0 bridgehead atoms. The highest BCUT2D eigenvalue weighted by molar-refractivity contribution is 14.0. The van der Waals surface area contributed by atoms with E-state index in [9.17, 15) is 0 Å². The zero-order valence-corrected chi connectivity index (χ0v) is 15.8. The van der Waals surface area contributed by atoms with Gasteiger partial charge in [-0.25, -0.2) is 0 Å². The SMILES string of the molecule is CCCN(CC)CCN=C(N)Nc1ccc(CC)cc1.I. The summed E-state index contributed by atoms with van der Waals surface area (Å²) in [4.78, 5) is 6.76. The Morgan fingerprint density at radius 1 is 1.14 bits per heavy atom. The summed E-state index contributed by atoms with van der Waals surface area (Å²) in [6.45, 7) is 10.4. The van der Waals surface area contributed by atoms with E-state index < -0.39 is 0 Å². The molecule has 120 valence electrons. The van der Waals surface area contributed by atoms with Crippen LogP contribution in [0.25, 0.3) is 0 Å². The molecule has 0 aliphatic carbocycles. The summed E-state index contributed by atoms with van der Waals surface area (Å²) in [5.41, 5.74) is 8.21. The van der Waals surface area contributed by atoms with Crippen molar-refractivity contribution < 1.29 is 0 Å². The van der Waals surface area contributed by atoms with Gasteiger partial charge in [0, 0.05) is 12.2 Å². The first-order chi connectivity index (χ1) is 9.69. The third-order valence-corrected chi connectivity index (χ3v) is 3.32. The fourth-order valence-electron chi connectivity index (χ4n) is 2.07. The molecule has 0 aliphatic rings. The molecule has 3 N–H and O–H groups in total. The Labute approximate surface area is 146 Å². The second-order valence-electron chi connectivity index (χ2n) is 4.88. The van der Waals surface area contributed by atoms with E-state index in [4.69, 9.17) is 5.73 Å². The lowest BCUT2D eigenvalue weighted by Crippen LogP contribution is -2.29. The number of halogens is 1. The number of aryl methyl sites for hydroxylation is 1. The largest absolute Gasteiger partial charge is 0.370 e. The van der Waals surface area contributed by atoms with Crippen LogP contribution in [0.4, 0.5) is 5.69 Å². The molecular formula is C16H29IN4. The number of nitrogens with one attached hydrogen (secondary N) is 1. The van der Waals surface area contributed by atoms with Crippen molar-refractivity contribution in [3.8, 4) is 0 Å². The molecule has 4 nitrogen and oxygen atoms in total. The number of anilines is 1. The zero-order chi connectivity index (χ0) is 14.8. The van der Waals surface area contributed by atoms with Gasteiger partial charge in [-0.05, 0) is 43.6 Å². The molecule has 0 fully saturated rings. The number of rotatable bonds is 8. The van der Waals surface area contributed by atoms with E-state index in [2.05, 4.69) is 48.1 Å². The van der Waals surface area contributed by atoms with Crippen LogP contribution in [0.1, 0.15) is 32.8 Å². The molecule has 0 amide bonds. The quantitative estimate of drug-likeness (QED) is 0.397. The molecule has 0 aromatic heterocycles. The lowest BCUT2D eigenvalue weighted by molar-refractivity contribution is 0.297. The van der Waals surface area contributed by atoms with Gasteiger partial charge in [0.15, 0.2) is 5.96 Å². The van der Waals surface area contributed by atoms with Gasteiger partial charge in [-0.2, -0.15) is 0 Å². The van der Waals surface area contributed by atoms with Gasteiger partial charge in [0.2, 0.25) is 0 Å². The van der Waals surface area contributed by atoms with Crippen molar-refractivity contribution in [1.82, 2.24) is 4.90 Å². The van der Waals surface area contributed by atoms with E-state index >= 15 is 0 Å². The lowest BCUT2D eigenvalue weighted by atomic mass is 10.1. The van der Waals surface area contributed by atoms with Gasteiger partial charge in [-0.15, -0.1) is 24.0 Å². The number of benzene rings is 1. The highest BCUT2D eigenvalue weighted by atomic mass is 127. The average Bonchev–Trinajstić information content (AvgIpc) is 2.47. The first kappa shape index (κ1) is 20.2. The highest BCUT2D eigenvalue weighted by Crippen LogP contribution is 2.09. The Bertz CT molecular complexity index is 403. The summed E-state index contributed by atoms with van der Waals surface area (Å²) in [7, 11) is 0. The molecule has 21 heavy (non-hydrogen) atoms. The molecule has 1 rings (SSSR count). The van der Waals surface area contributed by atoms with Gasteiger partial charge < -0.3 is 16.0 Å². The molecule has 0 aliphatic heterocycles. The first-order valence-electron chi connectivity index (χ1n) is 7.57. The third kappa shape index (κ3) is 8.26. The summed E-state index contributed by atoms with van der Waals surface area (Å²) < 4.78 is 0. The van der Waals surface area contributed by atoms with Crippen LogP contribution in [0.2, 0.25) is 0 Å². The van der Waals surface area contributed by atoms with Gasteiger partial charge in [0.05, 0.1) is 6.54 Å². The van der Waals surface area contributed by atoms with Crippen molar-refractivity contribution in [2.45, 2.75) is 33.6 Å². The summed E-state index contributed by atoms with van der Waals surface area (Å²) in [6, 6.07) is 8.29. The molecule has 0 spiro atoms. The van der Waals surface area contributed by atoms with E-state index in [-0.39, 0.29) is 24.0 Å². The number of aliphatic imine (C=N–C) groups is 1. The van der Waals surface area contributed by atoms with Crippen LogP contribution < -0.4 is 11.1 Å². The van der Waals surface area contributed by atoms with Crippen molar-refractivity contribution in [3.05, 3.63) is 29.8 Å². The Hall–Kier alpha value is -0.820. The van der Waals surface area contributed by atoms with Crippen molar-refractivity contribution in [2.75, 3.05) is 31.5 Å². The Morgan fingerprint density at radius 3 is 2.33 bits per heavy atom. The van der Waals surface area contributed by atoms with Crippen molar-refractivity contribution in [1.29, 1.82) is 0 Å². The predicted octanol–water partition coefficient (Wildman–Crippen LogP) is 3.33. The molecular weight excluding hydrogens is 375 g/mol. The average molecular weight is 404 g/mol.